The molecule has 2 aromatic heterocycles. The van der Waals surface area contributed by atoms with E-state index >= 15 is 0 Å². The first-order valence-electron chi connectivity index (χ1n) is 12.2. The highest BCUT2D eigenvalue weighted by molar-refractivity contribution is 7.89. The van der Waals surface area contributed by atoms with Crippen LogP contribution < -0.4 is 10.0 Å². The molecule has 182 valence electrons. The van der Waals surface area contributed by atoms with E-state index in [-0.39, 0.29) is 23.1 Å². The van der Waals surface area contributed by atoms with E-state index in [1.54, 1.807) is 30.5 Å². The SMILES string of the molecule is CCCCNc1ncc2c(-c3ccc(S(=O)(=O)NC4CC4)cc3)nn([C@H]3CC[C@H](O)CC3)c2n1. The largest absolute Gasteiger partial charge is 0.393 e. The minimum absolute atomic E-state index is 0.0654. The summed E-state index contributed by atoms with van der Waals surface area (Å²) in [5, 5.41) is 19.0. The highest BCUT2D eigenvalue weighted by atomic mass is 32.2. The highest BCUT2D eigenvalue weighted by Gasteiger charge is 2.28. The zero-order valence-corrected chi connectivity index (χ0v) is 20.3. The monoisotopic (exact) mass is 484 g/mol. The minimum atomic E-state index is -3.50. The number of aliphatic hydroxyl groups excluding tert-OH is 1. The van der Waals surface area contributed by atoms with E-state index in [2.05, 4.69) is 21.9 Å². The average molecular weight is 485 g/mol. The van der Waals surface area contributed by atoms with Gasteiger partial charge in [0.15, 0.2) is 5.65 Å². The van der Waals surface area contributed by atoms with E-state index in [9.17, 15) is 13.5 Å². The topological polar surface area (TPSA) is 122 Å². The van der Waals surface area contributed by atoms with Crippen LogP contribution in [0, 0.1) is 0 Å². The van der Waals surface area contributed by atoms with Crippen molar-refractivity contribution in [1.29, 1.82) is 0 Å². The van der Waals surface area contributed by atoms with Crippen LogP contribution in [0.5, 0.6) is 0 Å². The Morgan fingerprint density at radius 3 is 2.50 bits per heavy atom. The molecule has 0 aliphatic heterocycles. The van der Waals surface area contributed by atoms with Gasteiger partial charge in [0.1, 0.15) is 5.69 Å². The Morgan fingerprint density at radius 1 is 1.09 bits per heavy atom. The van der Waals surface area contributed by atoms with Gasteiger partial charge in [-0.3, -0.25) is 0 Å². The molecule has 2 aliphatic carbocycles. The van der Waals surface area contributed by atoms with Crippen molar-refractivity contribution < 1.29 is 13.5 Å². The number of unbranched alkanes of at least 4 members (excludes halogenated alkanes) is 1. The van der Waals surface area contributed by atoms with Crippen LogP contribution in [0.2, 0.25) is 0 Å². The molecule has 2 aliphatic rings. The zero-order chi connectivity index (χ0) is 23.7. The summed E-state index contributed by atoms with van der Waals surface area (Å²) in [6, 6.07) is 7.07. The van der Waals surface area contributed by atoms with Crippen LogP contribution >= 0.6 is 0 Å². The number of aromatic nitrogens is 4. The predicted octanol–water partition coefficient (Wildman–Crippen LogP) is 3.62. The molecule has 2 saturated carbocycles. The average Bonchev–Trinajstić information content (AvgIpc) is 3.56. The van der Waals surface area contributed by atoms with Crippen molar-refractivity contribution >= 4 is 27.0 Å². The van der Waals surface area contributed by atoms with E-state index in [1.165, 1.54) is 0 Å². The molecule has 3 aromatic rings. The molecule has 0 amide bonds. The molecular weight excluding hydrogens is 452 g/mol. The number of anilines is 1. The number of hydrogen-bond acceptors (Lipinski definition) is 7. The quantitative estimate of drug-likeness (QED) is 0.397. The standard InChI is InChI=1S/C24H32N6O3S/c1-2-3-14-25-24-26-15-21-22(28-30(23(21)27-24)18-8-10-19(31)11-9-18)16-4-12-20(13-5-16)34(32,33)29-17-6-7-17/h4-5,12-13,15,17-19,29,31H,2-3,6-11,14H2,1H3,(H,25,26,27)/t18-,19-. The van der Waals surface area contributed by atoms with Gasteiger partial charge in [0, 0.05) is 24.3 Å². The molecule has 10 heteroatoms. The molecule has 1 aromatic carbocycles. The van der Waals surface area contributed by atoms with E-state index in [4.69, 9.17) is 10.1 Å². The van der Waals surface area contributed by atoms with Crippen molar-refractivity contribution in [3.63, 3.8) is 0 Å². The molecule has 5 rings (SSSR count). The van der Waals surface area contributed by atoms with Gasteiger partial charge >= 0.3 is 0 Å². The van der Waals surface area contributed by atoms with Gasteiger partial charge < -0.3 is 10.4 Å². The minimum Gasteiger partial charge on any atom is -0.393 e. The number of fused-ring (bicyclic) bond motifs is 1. The smallest absolute Gasteiger partial charge is 0.240 e. The fourth-order valence-electron chi connectivity index (χ4n) is 4.44. The van der Waals surface area contributed by atoms with Gasteiger partial charge in [0.25, 0.3) is 0 Å². The zero-order valence-electron chi connectivity index (χ0n) is 19.4. The third kappa shape index (κ3) is 4.94. The molecule has 0 radical (unpaired) electrons. The lowest BCUT2D eigenvalue weighted by atomic mass is 9.93. The molecular formula is C24H32N6O3S. The lowest BCUT2D eigenvalue weighted by Crippen LogP contribution is -2.25. The highest BCUT2D eigenvalue weighted by Crippen LogP contribution is 2.35. The molecule has 0 unspecified atom stereocenters. The Hall–Kier alpha value is -2.56. The van der Waals surface area contributed by atoms with Crippen LogP contribution in [-0.4, -0.2) is 52.0 Å². The van der Waals surface area contributed by atoms with Gasteiger partial charge in [-0.1, -0.05) is 25.5 Å². The van der Waals surface area contributed by atoms with E-state index in [0.717, 1.165) is 80.2 Å². The number of nitrogens with one attached hydrogen (secondary N) is 2. The summed E-state index contributed by atoms with van der Waals surface area (Å²) < 4.78 is 29.8. The maximum absolute atomic E-state index is 12.5. The van der Waals surface area contributed by atoms with Crippen molar-refractivity contribution in [1.82, 2.24) is 24.5 Å². The predicted molar refractivity (Wildman–Crippen MR) is 131 cm³/mol. The van der Waals surface area contributed by atoms with Crippen LogP contribution in [0.25, 0.3) is 22.3 Å². The van der Waals surface area contributed by atoms with Gasteiger partial charge in [-0.05, 0) is 57.1 Å². The van der Waals surface area contributed by atoms with E-state index in [1.807, 2.05) is 4.68 Å². The summed E-state index contributed by atoms with van der Waals surface area (Å²) in [6.45, 7) is 2.95. The first kappa shape index (κ1) is 23.2. The second-order valence-corrected chi connectivity index (χ2v) is 11.1. The lowest BCUT2D eigenvalue weighted by molar-refractivity contribution is 0.109. The van der Waals surface area contributed by atoms with Gasteiger partial charge in [-0.2, -0.15) is 10.1 Å². The molecule has 0 saturated heterocycles. The van der Waals surface area contributed by atoms with Gasteiger partial charge in [0.05, 0.1) is 22.4 Å². The Labute approximate surface area is 200 Å². The van der Waals surface area contributed by atoms with Gasteiger partial charge in [-0.15, -0.1) is 0 Å². The number of rotatable bonds is 9. The number of hydrogen-bond donors (Lipinski definition) is 3. The Balaban J connectivity index is 1.50. The summed E-state index contributed by atoms with van der Waals surface area (Å²) >= 11 is 0. The normalized spacial score (nSPS) is 21.1. The molecule has 2 fully saturated rings. The maximum Gasteiger partial charge on any atom is 0.240 e. The van der Waals surface area contributed by atoms with Crippen molar-refractivity contribution in [2.75, 3.05) is 11.9 Å². The van der Waals surface area contributed by atoms with Crippen molar-refractivity contribution in [3.05, 3.63) is 30.5 Å². The Kier molecular flexibility index (Phi) is 6.54. The summed E-state index contributed by atoms with van der Waals surface area (Å²) in [7, 11) is -3.50. The molecule has 0 atom stereocenters. The molecule has 34 heavy (non-hydrogen) atoms. The second kappa shape index (κ2) is 9.59. The second-order valence-electron chi connectivity index (χ2n) is 9.39. The summed E-state index contributed by atoms with van der Waals surface area (Å²) in [6.07, 6.45) is 8.63. The molecule has 0 bridgehead atoms. The summed E-state index contributed by atoms with van der Waals surface area (Å²) in [4.78, 5) is 9.56. The Bertz CT molecular complexity index is 1250. The van der Waals surface area contributed by atoms with E-state index in [0.29, 0.717) is 5.95 Å². The Morgan fingerprint density at radius 2 is 1.82 bits per heavy atom. The van der Waals surface area contributed by atoms with Crippen molar-refractivity contribution in [2.45, 2.75) is 81.4 Å². The van der Waals surface area contributed by atoms with Crippen molar-refractivity contribution in [3.8, 4) is 11.3 Å². The third-order valence-electron chi connectivity index (χ3n) is 6.61. The van der Waals surface area contributed by atoms with Crippen LogP contribution in [0.3, 0.4) is 0 Å². The van der Waals surface area contributed by atoms with E-state index < -0.39 is 10.0 Å². The van der Waals surface area contributed by atoms with Crippen LogP contribution in [0.4, 0.5) is 5.95 Å². The molecule has 0 spiro atoms. The summed E-state index contributed by atoms with van der Waals surface area (Å²) in [5.74, 6) is 0.581. The molecule has 3 N–H and O–H groups in total. The fourth-order valence-corrected chi connectivity index (χ4v) is 5.74. The van der Waals surface area contributed by atoms with Crippen LogP contribution in [0.15, 0.2) is 35.4 Å². The first-order chi connectivity index (χ1) is 16.4. The number of aliphatic hydroxyl groups is 1. The van der Waals surface area contributed by atoms with Gasteiger partial charge in [0.2, 0.25) is 16.0 Å². The number of benzene rings is 1. The van der Waals surface area contributed by atoms with Crippen molar-refractivity contribution in [2.24, 2.45) is 0 Å². The molecule has 2 heterocycles. The number of sulfonamides is 1. The fraction of sp³-hybridized carbons (Fsp3) is 0.542. The van der Waals surface area contributed by atoms with Gasteiger partial charge in [-0.25, -0.2) is 22.8 Å². The lowest BCUT2D eigenvalue weighted by Gasteiger charge is -2.25. The van der Waals surface area contributed by atoms with Crippen LogP contribution in [-0.2, 0) is 10.0 Å². The third-order valence-corrected chi connectivity index (χ3v) is 8.15. The summed E-state index contributed by atoms with van der Waals surface area (Å²) in [5.41, 5.74) is 2.32. The van der Waals surface area contributed by atoms with Crippen LogP contribution in [0.1, 0.15) is 64.3 Å². The molecule has 9 nitrogen and oxygen atoms in total. The number of nitrogens with zero attached hydrogens (tertiary/aromatic N) is 4. The maximum atomic E-state index is 12.5. The first-order valence-corrected chi connectivity index (χ1v) is 13.7.